The van der Waals surface area contributed by atoms with Crippen molar-refractivity contribution in [2.45, 2.75) is 44.4 Å². The van der Waals surface area contributed by atoms with E-state index in [1.165, 1.54) is 5.56 Å². The Morgan fingerprint density at radius 1 is 1.24 bits per heavy atom. The fraction of sp³-hybridized carbons (Fsp3) is 0.407. The first kappa shape index (κ1) is 22.3. The van der Waals surface area contributed by atoms with Gasteiger partial charge in [0.25, 0.3) is 0 Å². The molecule has 0 spiro atoms. The number of amides is 1. The van der Waals surface area contributed by atoms with E-state index in [0.717, 1.165) is 60.2 Å². The van der Waals surface area contributed by atoms with Gasteiger partial charge >= 0.3 is 5.97 Å². The number of likely N-dealkylation sites (tertiary alicyclic amines) is 1. The molecule has 34 heavy (non-hydrogen) atoms. The number of fused-ring (bicyclic) bond motifs is 2. The average Bonchev–Trinajstić information content (AvgIpc) is 3.22. The van der Waals surface area contributed by atoms with Crippen LogP contribution in [0.4, 0.5) is 5.82 Å². The van der Waals surface area contributed by atoms with Gasteiger partial charge in [-0.3, -0.25) is 14.6 Å². The quantitative estimate of drug-likeness (QED) is 0.529. The van der Waals surface area contributed by atoms with Gasteiger partial charge in [0.2, 0.25) is 5.91 Å². The molecule has 1 aromatic carbocycles. The minimum atomic E-state index is -0.892. The average molecular weight is 459 g/mol. The summed E-state index contributed by atoms with van der Waals surface area (Å²) in [6.45, 7) is 2.30. The van der Waals surface area contributed by atoms with Crippen LogP contribution in [0.2, 0.25) is 0 Å². The van der Waals surface area contributed by atoms with Crippen molar-refractivity contribution in [1.29, 1.82) is 0 Å². The molecule has 1 saturated heterocycles. The first-order chi connectivity index (χ1) is 16.6. The molecule has 2 aliphatic rings. The van der Waals surface area contributed by atoms with Gasteiger partial charge in [0.15, 0.2) is 0 Å². The number of pyridine rings is 2. The molecule has 4 heterocycles. The van der Waals surface area contributed by atoms with E-state index < -0.39 is 5.97 Å². The van der Waals surface area contributed by atoms with Crippen LogP contribution in [0, 0.1) is 5.92 Å². The zero-order valence-corrected chi connectivity index (χ0v) is 19.2. The standard InChI is InChI=1S/C27H30N4O3/c32-25(33)16-23(20-15-19-5-1-2-8-24(19)29-17-20)22-11-14-31(27(22)34)13-4-7-21-10-9-18-6-3-12-28-26(18)30-21/h1-2,5,8-10,15,17,22-23H,3-4,6-7,11-14,16H2,(H,28,30)(H,32,33)/t22-,23-/m0/s1. The van der Waals surface area contributed by atoms with Crippen molar-refractivity contribution in [2.24, 2.45) is 5.92 Å². The topological polar surface area (TPSA) is 95.4 Å². The summed E-state index contributed by atoms with van der Waals surface area (Å²) in [5.74, 6) is -0.539. The zero-order chi connectivity index (χ0) is 23.5. The number of hydrogen-bond acceptors (Lipinski definition) is 5. The number of aliphatic carboxylic acids is 1. The Balaban J connectivity index is 1.24. The van der Waals surface area contributed by atoms with Crippen LogP contribution < -0.4 is 5.32 Å². The summed E-state index contributed by atoms with van der Waals surface area (Å²) in [6.07, 6.45) is 6.21. The number of aryl methyl sites for hydroxylation is 2. The Hall–Kier alpha value is -3.48. The molecule has 1 fully saturated rings. The number of carbonyl (C=O) groups excluding carboxylic acids is 1. The molecule has 0 aliphatic carbocycles. The molecule has 0 bridgehead atoms. The van der Waals surface area contributed by atoms with Crippen molar-refractivity contribution in [3.63, 3.8) is 0 Å². The summed E-state index contributed by atoms with van der Waals surface area (Å²) in [5.41, 5.74) is 4.01. The van der Waals surface area contributed by atoms with Crippen LogP contribution in [0.5, 0.6) is 0 Å². The molecule has 0 saturated carbocycles. The normalized spacial score (nSPS) is 18.5. The summed E-state index contributed by atoms with van der Waals surface area (Å²) >= 11 is 0. The second-order valence-corrected chi connectivity index (χ2v) is 9.33. The lowest BCUT2D eigenvalue weighted by Gasteiger charge is -2.23. The maximum atomic E-state index is 13.3. The molecule has 7 heteroatoms. The van der Waals surface area contributed by atoms with E-state index in [-0.39, 0.29) is 24.2 Å². The van der Waals surface area contributed by atoms with E-state index in [4.69, 9.17) is 4.98 Å². The van der Waals surface area contributed by atoms with Crippen LogP contribution in [0.25, 0.3) is 10.9 Å². The smallest absolute Gasteiger partial charge is 0.303 e. The molecular formula is C27H30N4O3. The molecule has 5 rings (SSSR count). The SMILES string of the molecule is O=C(O)C[C@@H](c1cnc2ccccc2c1)[C@@H]1CCN(CCCc2ccc3c(n2)NCCC3)C1=O. The summed E-state index contributed by atoms with van der Waals surface area (Å²) in [6, 6.07) is 14.0. The third-order valence-corrected chi connectivity index (χ3v) is 7.07. The second kappa shape index (κ2) is 9.79. The van der Waals surface area contributed by atoms with Gasteiger partial charge in [0.1, 0.15) is 5.82 Å². The number of anilines is 1. The largest absolute Gasteiger partial charge is 0.481 e. The number of hydrogen-bond donors (Lipinski definition) is 2. The fourth-order valence-electron chi connectivity index (χ4n) is 5.29. The van der Waals surface area contributed by atoms with Crippen molar-refractivity contribution in [2.75, 3.05) is 25.0 Å². The van der Waals surface area contributed by atoms with Crippen molar-refractivity contribution in [3.05, 3.63) is 65.5 Å². The minimum absolute atomic E-state index is 0.0551. The third-order valence-electron chi connectivity index (χ3n) is 7.07. The number of nitrogens with one attached hydrogen (secondary N) is 1. The van der Waals surface area contributed by atoms with Gasteiger partial charge in [-0.1, -0.05) is 24.3 Å². The lowest BCUT2D eigenvalue weighted by Crippen LogP contribution is -2.31. The molecule has 2 aliphatic heterocycles. The highest BCUT2D eigenvalue weighted by Gasteiger charge is 2.38. The number of carboxylic acid groups (broad SMARTS) is 1. The maximum absolute atomic E-state index is 13.3. The Morgan fingerprint density at radius 2 is 2.12 bits per heavy atom. The minimum Gasteiger partial charge on any atom is -0.481 e. The molecule has 3 aromatic rings. The van der Waals surface area contributed by atoms with Gasteiger partial charge in [-0.25, -0.2) is 4.98 Å². The van der Waals surface area contributed by atoms with Gasteiger partial charge in [0.05, 0.1) is 11.9 Å². The number of aromatic nitrogens is 2. The Labute approximate surface area is 199 Å². The van der Waals surface area contributed by atoms with Crippen molar-refractivity contribution < 1.29 is 14.7 Å². The number of rotatable bonds is 8. The fourth-order valence-corrected chi connectivity index (χ4v) is 5.29. The monoisotopic (exact) mass is 458 g/mol. The lowest BCUT2D eigenvalue weighted by atomic mass is 9.83. The summed E-state index contributed by atoms with van der Waals surface area (Å²) in [5, 5.41) is 13.9. The Morgan fingerprint density at radius 3 is 3.00 bits per heavy atom. The van der Waals surface area contributed by atoms with Crippen LogP contribution in [0.3, 0.4) is 0 Å². The van der Waals surface area contributed by atoms with Gasteiger partial charge in [-0.2, -0.15) is 0 Å². The van der Waals surface area contributed by atoms with Crippen molar-refractivity contribution >= 4 is 28.6 Å². The van der Waals surface area contributed by atoms with Crippen molar-refractivity contribution in [3.8, 4) is 0 Å². The summed E-state index contributed by atoms with van der Waals surface area (Å²) in [7, 11) is 0. The van der Waals surface area contributed by atoms with E-state index >= 15 is 0 Å². The molecule has 2 atom stereocenters. The highest BCUT2D eigenvalue weighted by atomic mass is 16.4. The van der Waals surface area contributed by atoms with Gasteiger partial charge in [-0.15, -0.1) is 0 Å². The molecule has 2 aromatic heterocycles. The molecule has 0 unspecified atom stereocenters. The number of benzene rings is 1. The summed E-state index contributed by atoms with van der Waals surface area (Å²) in [4.78, 5) is 36.1. The third kappa shape index (κ3) is 4.74. The Bertz CT molecular complexity index is 1210. The van der Waals surface area contributed by atoms with Crippen LogP contribution in [0.1, 0.15) is 48.4 Å². The molecule has 7 nitrogen and oxygen atoms in total. The van der Waals surface area contributed by atoms with E-state index in [1.807, 2.05) is 35.2 Å². The van der Waals surface area contributed by atoms with E-state index in [0.29, 0.717) is 19.5 Å². The van der Waals surface area contributed by atoms with Gasteiger partial charge in [-0.05, 0) is 61.4 Å². The zero-order valence-electron chi connectivity index (χ0n) is 19.2. The number of para-hydroxylation sites is 1. The number of nitrogens with zero attached hydrogens (tertiary/aromatic N) is 3. The van der Waals surface area contributed by atoms with Gasteiger partial charge < -0.3 is 15.3 Å². The molecule has 176 valence electrons. The molecule has 0 radical (unpaired) electrons. The highest BCUT2D eigenvalue weighted by Crippen LogP contribution is 2.36. The van der Waals surface area contributed by atoms with E-state index in [9.17, 15) is 14.7 Å². The van der Waals surface area contributed by atoms with E-state index in [1.54, 1.807) is 6.20 Å². The maximum Gasteiger partial charge on any atom is 0.303 e. The predicted octanol–water partition coefficient (Wildman–Crippen LogP) is 4.03. The Kier molecular flexibility index (Phi) is 6.43. The number of carbonyl (C=O) groups is 2. The molecular weight excluding hydrogens is 428 g/mol. The second-order valence-electron chi connectivity index (χ2n) is 9.33. The van der Waals surface area contributed by atoms with Gasteiger partial charge in [0, 0.05) is 48.7 Å². The van der Waals surface area contributed by atoms with Crippen LogP contribution in [-0.4, -0.2) is 51.5 Å². The van der Waals surface area contributed by atoms with Crippen LogP contribution in [-0.2, 0) is 22.4 Å². The van der Waals surface area contributed by atoms with Crippen LogP contribution >= 0.6 is 0 Å². The molecule has 2 N–H and O–H groups in total. The number of carboxylic acids is 1. The highest BCUT2D eigenvalue weighted by molar-refractivity contribution is 5.84. The predicted molar refractivity (Wildman–Crippen MR) is 131 cm³/mol. The first-order valence-corrected chi connectivity index (χ1v) is 12.2. The lowest BCUT2D eigenvalue weighted by molar-refractivity contribution is -0.138. The van der Waals surface area contributed by atoms with Crippen molar-refractivity contribution in [1.82, 2.24) is 14.9 Å². The van der Waals surface area contributed by atoms with E-state index in [2.05, 4.69) is 22.4 Å². The first-order valence-electron chi connectivity index (χ1n) is 12.2. The summed E-state index contributed by atoms with van der Waals surface area (Å²) < 4.78 is 0. The van der Waals surface area contributed by atoms with Crippen LogP contribution in [0.15, 0.2) is 48.7 Å². The molecule has 1 amide bonds.